The first kappa shape index (κ1) is 15.3. The third kappa shape index (κ3) is 3.58. The predicted molar refractivity (Wildman–Crippen MR) is 86.9 cm³/mol. The van der Waals surface area contributed by atoms with Gasteiger partial charge in [0.2, 0.25) is 10.0 Å². The fourth-order valence-electron chi connectivity index (χ4n) is 2.51. The van der Waals surface area contributed by atoms with Gasteiger partial charge in [-0.25, -0.2) is 18.1 Å². The van der Waals surface area contributed by atoms with Gasteiger partial charge < -0.3 is 4.57 Å². The second-order valence-corrected chi connectivity index (χ2v) is 7.27. The van der Waals surface area contributed by atoms with Gasteiger partial charge in [0, 0.05) is 34.9 Å². The van der Waals surface area contributed by atoms with E-state index in [9.17, 15) is 8.42 Å². The molecule has 1 aliphatic heterocycles. The maximum absolute atomic E-state index is 12.2. The molecule has 1 aliphatic rings. The van der Waals surface area contributed by atoms with Crippen molar-refractivity contribution in [1.82, 2.24) is 14.3 Å². The Labute approximate surface area is 134 Å². The van der Waals surface area contributed by atoms with E-state index < -0.39 is 10.0 Å². The molecule has 1 aromatic heterocycles. The number of imidazole rings is 1. The fraction of sp³-hybridized carbons (Fsp3) is 0.267. The van der Waals surface area contributed by atoms with Crippen LogP contribution in [0.1, 0.15) is 17.7 Å². The van der Waals surface area contributed by atoms with Crippen LogP contribution in [0.25, 0.3) is 6.08 Å². The Hall–Kier alpha value is -1.63. The van der Waals surface area contributed by atoms with Crippen LogP contribution in [0.15, 0.2) is 42.2 Å². The molecule has 2 heterocycles. The number of hydrogen-bond donors (Lipinski definition) is 1. The van der Waals surface area contributed by atoms with E-state index in [4.69, 9.17) is 11.6 Å². The molecule has 116 valence electrons. The molecule has 3 rings (SSSR count). The molecular weight excluding hydrogens is 322 g/mol. The number of rotatable bonds is 4. The van der Waals surface area contributed by atoms with E-state index in [0.29, 0.717) is 17.1 Å². The molecule has 5 nitrogen and oxygen atoms in total. The number of nitrogens with zero attached hydrogens (tertiary/aromatic N) is 2. The van der Waals surface area contributed by atoms with Crippen molar-refractivity contribution in [2.24, 2.45) is 0 Å². The Kier molecular flexibility index (Phi) is 4.33. The summed E-state index contributed by atoms with van der Waals surface area (Å²) in [5.74, 6) is 0. The van der Waals surface area contributed by atoms with Gasteiger partial charge in [-0.1, -0.05) is 29.8 Å². The molecule has 0 radical (unpaired) electrons. The van der Waals surface area contributed by atoms with Crippen LogP contribution in [0.5, 0.6) is 0 Å². The highest BCUT2D eigenvalue weighted by molar-refractivity contribution is 7.92. The zero-order valence-corrected chi connectivity index (χ0v) is 13.4. The van der Waals surface area contributed by atoms with E-state index >= 15 is 0 Å². The molecule has 0 saturated carbocycles. The van der Waals surface area contributed by atoms with Crippen molar-refractivity contribution in [2.45, 2.75) is 25.4 Å². The van der Waals surface area contributed by atoms with E-state index in [2.05, 4.69) is 9.71 Å². The Morgan fingerprint density at radius 2 is 2.18 bits per heavy atom. The molecular formula is C15H16ClN3O2S. The molecule has 7 heteroatoms. The SMILES string of the molecule is O=S(=O)(/C=C/c1ccccc1Cl)NC1CCc2cncn2C1. The lowest BCUT2D eigenvalue weighted by molar-refractivity contribution is 0.428. The van der Waals surface area contributed by atoms with Crippen molar-refractivity contribution in [2.75, 3.05) is 0 Å². The van der Waals surface area contributed by atoms with Gasteiger partial charge in [-0.15, -0.1) is 0 Å². The summed E-state index contributed by atoms with van der Waals surface area (Å²) in [4.78, 5) is 4.08. The molecule has 0 spiro atoms. The number of hydrogen-bond acceptors (Lipinski definition) is 3. The molecule has 22 heavy (non-hydrogen) atoms. The molecule has 0 bridgehead atoms. The summed E-state index contributed by atoms with van der Waals surface area (Å²) in [6.07, 6.45) is 6.65. The lowest BCUT2D eigenvalue weighted by atomic mass is 10.1. The minimum absolute atomic E-state index is 0.123. The molecule has 1 aromatic carbocycles. The van der Waals surface area contributed by atoms with Crippen LogP contribution in [0.2, 0.25) is 5.02 Å². The van der Waals surface area contributed by atoms with Gasteiger partial charge in [0.15, 0.2) is 0 Å². The smallest absolute Gasteiger partial charge is 0.234 e. The predicted octanol–water partition coefficient (Wildman–Crippen LogP) is 2.44. The van der Waals surface area contributed by atoms with Crippen LogP contribution in [-0.2, 0) is 23.0 Å². The van der Waals surface area contributed by atoms with Crippen LogP contribution >= 0.6 is 11.6 Å². The molecule has 1 N–H and O–H groups in total. The van der Waals surface area contributed by atoms with Crippen LogP contribution in [0, 0.1) is 0 Å². The van der Waals surface area contributed by atoms with Crippen molar-refractivity contribution in [3.05, 3.63) is 58.5 Å². The number of benzene rings is 1. The second kappa shape index (κ2) is 6.24. The van der Waals surface area contributed by atoms with Crippen molar-refractivity contribution in [3.63, 3.8) is 0 Å². The highest BCUT2D eigenvalue weighted by Gasteiger charge is 2.21. The standard InChI is InChI=1S/C15H16ClN3O2S/c16-15-4-2-1-3-12(15)7-8-22(20,21)18-13-5-6-14-9-17-11-19(14)10-13/h1-4,7-9,11,13,18H,5-6,10H2/b8-7+. The highest BCUT2D eigenvalue weighted by Crippen LogP contribution is 2.18. The molecule has 0 saturated heterocycles. The summed E-state index contributed by atoms with van der Waals surface area (Å²) in [6.45, 7) is 0.606. The molecule has 2 aromatic rings. The molecule has 0 aliphatic carbocycles. The van der Waals surface area contributed by atoms with Gasteiger partial charge in [-0.05, 0) is 30.5 Å². The van der Waals surface area contributed by atoms with Gasteiger partial charge in [0.05, 0.1) is 6.33 Å². The zero-order chi connectivity index (χ0) is 15.6. The van der Waals surface area contributed by atoms with Gasteiger partial charge >= 0.3 is 0 Å². The van der Waals surface area contributed by atoms with E-state index in [1.165, 1.54) is 6.08 Å². The van der Waals surface area contributed by atoms with E-state index in [0.717, 1.165) is 23.9 Å². The third-order valence-electron chi connectivity index (χ3n) is 3.63. The number of halogens is 1. The average molecular weight is 338 g/mol. The topological polar surface area (TPSA) is 64.0 Å². The maximum atomic E-state index is 12.2. The van der Waals surface area contributed by atoms with Gasteiger partial charge in [-0.3, -0.25) is 0 Å². The third-order valence-corrected chi connectivity index (χ3v) is 5.13. The Bertz CT molecular complexity index is 799. The van der Waals surface area contributed by atoms with Crippen LogP contribution in [-0.4, -0.2) is 24.0 Å². The number of nitrogens with one attached hydrogen (secondary N) is 1. The summed E-state index contributed by atoms with van der Waals surface area (Å²) in [5, 5.41) is 1.69. The quantitative estimate of drug-likeness (QED) is 0.932. The summed E-state index contributed by atoms with van der Waals surface area (Å²) in [7, 11) is -3.50. The summed E-state index contributed by atoms with van der Waals surface area (Å²) < 4.78 is 29.0. The molecule has 0 amide bonds. The fourth-order valence-corrected chi connectivity index (χ4v) is 3.77. The van der Waals surface area contributed by atoms with Crippen molar-refractivity contribution >= 4 is 27.7 Å². The van der Waals surface area contributed by atoms with Gasteiger partial charge in [0.1, 0.15) is 0 Å². The van der Waals surface area contributed by atoms with E-state index in [-0.39, 0.29) is 6.04 Å². The second-order valence-electron chi connectivity index (χ2n) is 5.26. The van der Waals surface area contributed by atoms with Crippen LogP contribution in [0.4, 0.5) is 0 Å². The van der Waals surface area contributed by atoms with E-state index in [1.54, 1.807) is 24.5 Å². The van der Waals surface area contributed by atoms with E-state index in [1.807, 2.05) is 16.8 Å². The van der Waals surface area contributed by atoms with Crippen molar-refractivity contribution < 1.29 is 8.42 Å². The largest absolute Gasteiger partial charge is 0.333 e. The lowest BCUT2D eigenvalue weighted by Gasteiger charge is -2.24. The number of aromatic nitrogens is 2. The first-order valence-electron chi connectivity index (χ1n) is 6.97. The maximum Gasteiger partial charge on any atom is 0.234 e. The summed E-state index contributed by atoms with van der Waals surface area (Å²) >= 11 is 6.01. The minimum atomic E-state index is -3.50. The normalized spacial score (nSPS) is 18.5. The van der Waals surface area contributed by atoms with Crippen molar-refractivity contribution in [1.29, 1.82) is 0 Å². The molecule has 1 atom stereocenters. The Balaban J connectivity index is 1.68. The summed E-state index contributed by atoms with van der Waals surface area (Å²) in [6, 6.07) is 6.99. The summed E-state index contributed by atoms with van der Waals surface area (Å²) in [5.41, 5.74) is 1.82. The lowest BCUT2D eigenvalue weighted by Crippen LogP contribution is -2.39. The number of fused-ring (bicyclic) bond motifs is 1. The van der Waals surface area contributed by atoms with Crippen molar-refractivity contribution in [3.8, 4) is 0 Å². The van der Waals surface area contributed by atoms with Crippen LogP contribution in [0.3, 0.4) is 0 Å². The first-order chi connectivity index (χ1) is 10.5. The zero-order valence-electron chi connectivity index (χ0n) is 11.8. The minimum Gasteiger partial charge on any atom is -0.333 e. The number of sulfonamides is 1. The molecule has 1 unspecified atom stereocenters. The monoisotopic (exact) mass is 337 g/mol. The Morgan fingerprint density at radius 1 is 1.36 bits per heavy atom. The van der Waals surface area contributed by atoms with Crippen LogP contribution < -0.4 is 4.72 Å². The highest BCUT2D eigenvalue weighted by atomic mass is 35.5. The first-order valence-corrected chi connectivity index (χ1v) is 8.90. The molecule has 0 fully saturated rings. The van der Waals surface area contributed by atoms with Gasteiger partial charge in [-0.2, -0.15) is 0 Å². The average Bonchev–Trinajstić information content (AvgIpc) is 2.93. The van der Waals surface area contributed by atoms with Gasteiger partial charge in [0.25, 0.3) is 0 Å². The Morgan fingerprint density at radius 3 is 3.00 bits per heavy atom. The number of aryl methyl sites for hydroxylation is 1.